The Hall–Kier alpha value is -4.49. The van der Waals surface area contributed by atoms with Crippen molar-refractivity contribution in [3.8, 4) is 17.2 Å². The van der Waals surface area contributed by atoms with Crippen molar-refractivity contribution in [2.45, 2.75) is 29.1 Å². The van der Waals surface area contributed by atoms with E-state index in [0.717, 1.165) is 0 Å². The molecular formula is C31H28N2O8S2. The van der Waals surface area contributed by atoms with Gasteiger partial charge >= 0.3 is 0 Å². The predicted molar refractivity (Wildman–Crippen MR) is 161 cm³/mol. The topological polar surface area (TPSA) is 144 Å². The van der Waals surface area contributed by atoms with Gasteiger partial charge in [-0.05, 0) is 77.9 Å². The van der Waals surface area contributed by atoms with Crippen LogP contribution in [0.4, 0.5) is 5.13 Å². The van der Waals surface area contributed by atoms with Crippen LogP contribution in [0.2, 0.25) is 0 Å². The van der Waals surface area contributed by atoms with Crippen LogP contribution in [0.25, 0.3) is 10.2 Å². The first-order chi connectivity index (χ1) is 20.8. The van der Waals surface area contributed by atoms with Crippen LogP contribution >= 0.6 is 11.3 Å². The fourth-order valence-electron chi connectivity index (χ4n) is 4.45. The summed E-state index contributed by atoms with van der Waals surface area (Å²) in [6.07, 6.45) is -1.40. The second kappa shape index (κ2) is 12.8. The van der Waals surface area contributed by atoms with E-state index in [-0.39, 0.29) is 33.7 Å². The Morgan fingerprint density at radius 3 is 2.07 bits per heavy atom. The average Bonchev–Trinajstić information content (AvgIpc) is 3.44. The molecular weight excluding hydrogens is 592 g/mol. The molecule has 3 N–H and O–H groups in total. The number of methoxy groups -OCH3 is 2. The van der Waals surface area contributed by atoms with E-state index in [1.807, 2.05) is 0 Å². The molecule has 0 aliphatic heterocycles. The van der Waals surface area contributed by atoms with Gasteiger partial charge in [0.1, 0.15) is 17.2 Å². The van der Waals surface area contributed by atoms with E-state index < -0.39 is 21.8 Å². The lowest BCUT2D eigenvalue weighted by atomic mass is 10.1. The number of carbonyl (C=O) groups is 1. The number of nitrogens with zero attached hydrogens (tertiary/aromatic N) is 1. The predicted octanol–water partition coefficient (Wildman–Crippen LogP) is 4.89. The Kier molecular flexibility index (Phi) is 8.92. The van der Waals surface area contributed by atoms with Gasteiger partial charge in [0.15, 0.2) is 5.13 Å². The summed E-state index contributed by atoms with van der Waals surface area (Å²) in [5, 5.41) is 22.3. The molecule has 1 heterocycles. The van der Waals surface area contributed by atoms with E-state index in [2.05, 4.69) is 10.3 Å². The summed E-state index contributed by atoms with van der Waals surface area (Å²) in [7, 11) is -1.07. The summed E-state index contributed by atoms with van der Waals surface area (Å²) in [6.45, 7) is -0.537. The Bertz CT molecular complexity index is 1810. The molecule has 0 bridgehead atoms. The second-order valence-electron chi connectivity index (χ2n) is 9.30. The third-order valence-electron chi connectivity index (χ3n) is 6.69. The molecule has 43 heavy (non-hydrogen) atoms. The first-order valence-corrected chi connectivity index (χ1v) is 15.3. The molecule has 4 aromatic carbocycles. The van der Waals surface area contributed by atoms with E-state index in [4.69, 9.17) is 14.2 Å². The van der Waals surface area contributed by atoms with E-state index in [9.17, 15) is 23.4 Å². The zero-order valence-electron chi connectivity index (χ0n) is 23.2. The largest absolute Gasteiger partial charge is 0.497 e. The molecule has 5 rings (SSSR count). The molecule has 1 unspecified atom stereocenters. The first-order valence-electron chi connectivity index (χ1n) is 13.0. The molecule has 5 aromatic rings. The molecule has 1 aromatic heterocycles. The summed E-state index contributed by atoms with van der Waals surface area (Å²) in [4.78, 5) is 18.3. The normalized spacial score (nSPS) is 12.1. The van der Waals surface area contributed by atoms with Crippen LogP contribution in [-0.4, -0.2) is 43.7 Å². The van der Waals surface area contributed by atoms with Crippen molar-refractivity contribution in [1.82, 2.24) is 4.98 Å². The highest BCUT2D eigenvalue weighted by molar-refractivity contribution is 7.91. The van der Waals surface area contributed by atoms with Crippen molar-refractivity contribution in [2.24, 2.45) is 0 Å². The highest BCUT2D eigenvalue weighted by Gasteiger charge is 2.31. The molecule has 0 aliphatic carbocycles. The number of benzene rings is 4. The molecule has 0 spiro atoms. The molecule has 10 nitrogen and oxygen atoms in total. The smallest absolute Gasteiger partial charge is 0.272 e. The monoisotopic (exact) mass is 620 g/mol. The molecule has 0 aliphatic rings. The zero-order chi connectivity index (χ0) is 30.6. The number of nitrogens with one attached hydrogen (secondary N) is 1. The van der Waals surface area contributed by atoms with Gasteiger partial charge in [0.05, 0.1) is 47.4 Å². The van der Waals surface area contributed by atoms with E-state index >= 15 is 0 Å². The summed E-state index contributed by atoms with van der Waals surface area (Å²) < 4.78 is 44.8. The minimum Gasteiger partial charge on any atom is -0.497 e. The molecule has 0 radical (unpaired) electrons. The SMILES string of the molecule is COc1ccc(OC(C(=O)Nc2nc3cc(CO)c(CO)cc3s2)c2ccccc2S(=O)(=O)c2ccc(OC)cc2)cc1. The number of hydrogen-bond acceptors (Lipinski definition) is 10. The van der Waals surface area contributed by atoms with Crippen LogP contribution in [0.15, 0.2) is 94.7 Å². The average molecular weight is 621 g/mol. The minimum atomic E-state index is -4.08. The van der Waals surface area contributed by atoms with Gasteiger partial charge in [-0.1, -0.05) is 29.5 Å². The van der Waals surface area contributed by atoms with Crippen molar-refractivity contribution in [3.63, 3.8) is 0 Å². The fourth-order valence-corrected chi connectivity index (χ4v) is 6.86. The number of carbonyl (C=O) groups excluding carboxylic acids is 1. The molecule has 0 saturated carbocycles. The fraction of sp³-hybridized carbons (Fsp3) is 0.161. The van der Waals surface area contributed by atoms with Gasteiger partial charge in [-0.15, -0.1) is 0 Å². The number of rotatable bonds is 11. The summed E-state index contributed by atoms with van der Waals surface area (Å²) >= 11 is 1.17. The van der Waals surface area contributed by atoms with Crippen molar-refractivity contribution in [2.75, 3.05) is 19.5 Å². The standard InChI is InChI=1S/C31H28N2O8S2/c1-39-21-7-9-23(10-8-21)41-29(30(36)33-31-32-26-15-19(17-34)20(18-35)16-27(26)42-31)25-5-3-4-6-28(25)43(37,38)24-13-11-22(40-2)12-14-24/h3-16,29,34-35H,17-18H2,1-2H3,(H,32,33,36). The van der Waals surface area contributed by atoms with Crippen molar-refractivity contribution in [3.05, 3.63) is 102 Å². The Labute approximate surface area is 252 Å². The Balaban J connectivity index is 1.55. The maximum atomic E-state index is 13.9. The molecule has 12 heteroatoms. The number of aliphatic hydroxyl groups is 2. The van der Waals surface area contributed by atoms with Gasteiger partial charge in [0.25, 0.3) is 5.91 Å². The van der Waals surface area contributed by atoms with Crippen molar-refractivity contribution < 1.29 is 37.6 Å². The number of sulfone groups is 1. The van der Waals surface area contributed by atoms with Gasteiger partial charge in [0, 0.05) is 5.56 Å². The van der Waals surface area contributed by atoms with Crippen LogP contribution in [0.3, 0.4) is 0 Å². The molecule has 1 amide bonds. The second-order valence-corrected chi connectivity index (χ2v) is 12.3. The Morgan fingerprint density at radius 2 is 1.44 bits per heavy atom. The van der Waals surface area contributed by atoms with Crippen LogP contribution < -0.4 is 19.5 Å². The highest BCUT2D eigenvalue weighted by atomic mass is 32.2. The Morgan fingerprint density at radius 1 is 0.860 bits per heavy atom. The lowest BCUT2D eigenvalue weighted by Crippen LogP contribution is -2.27. The minimum absolute atomic E-state index is 0.0231. The van der Waals surface area contributed by atoms with Crippen molar-refractivity contribution >= 4 is 42.4 Å². The lowest BCUT2D eigenvalue weighted by Gasteiger charge is -2.21. The van der Waals surface area contributed by atoms with Crippen LogP contribution in [0.5, 0.6) is 17.2 Å². The van der Waals surface area contributed by atoms with Gasteiger partial charge < -0.3 is 24.4 Å². The first kappa shape index (κ1) is 30.0. The summed E-state index contributed by atoms with van der Waals surface area (Å²) in [5.74, 6) is 0.731. The van der Waals surface area contributed by atoms with Crippen LogP contribution in [0.1, 0.15) is 22.8 Å². The van der Waals surface area contributed by atoms with Crippen LogP contribution in [-0.2, 0) is 27.8 Å². The quantitative estimate of drug-likeness (QED) is 0.188. The van der Waals surface area contributed by atoms with E-state index in [1.54, 1.807) is 60.7 Å². The molecule has 222 valence electrons. The summed E-state index contributed by atoms with van der Waals surface area (Å²) in [6, 6.07) is 22.0. The molecule has 1 atom stereocenters. The number of hydrogen-bond donors (Lipinski definition) is 3. The number of thiazole rings is 1. The summed E-state index contributed by atoms with van der Waals surface area (Å²) in [5.41, 5.74) is 1.72. The number of ether oxygens (including phenoxy) is 3. The molecule has 0 fully saturated rings. The van der Waals surface area contributed by atoms with Crippen molar-refractivity contribution in [1.29, 1.82) is 0 Å². The van der Waals surface area contributed by atoms with Gasteiger partial charge in [-0.3, -0.25) is 10.1 Å². The zero-order valence-corrected chi connectivity index (χ0v) is 24.8. The number of anilines is 1. The van der Waals surface area contributed by atoms with Crippen LogP contribution in [0, 0.1) is 0 Å². The van der Waals surface area contributed by atoms with E-state index in [1.165, 1.54) is 49.8 Å². The third kappa shape index (κ3) is 6.32. The molecule has 0 saturated heterocycles. The highest BCUT2D eigenvalue weighted by Crippen LogP contribution is 2.34. The number of aliphatic hydroxyl groups excluding tert-OH is 2. The van der Waals surface area contributed by atoms with E-state index in [0.29, 0.717) is 38.6 Å². The van der Waals surface area contributed by atoms with Gasteiger partial charge in [-0.25, -0.2) is 13.4 Å². The maximum Gasteiger partial charge on any atom is 0.272 e. The number of fused-ring (bicyclic) bond motifs is 1. The van der Waals surface area contributed by atoms with Gasteiger partial charge in [0.2, 0.25) is 15.9 Å². The van der Waals surface area contributed by atoms with Gasteiger partial charge in [-0.2, -0.15) is 0 Å². The maximum absolute atomic E-state index is 13.9. The number of aromatic nitrogens is 1. The third-order valence-corrected chi connectivity index (χ3v) is 9.47. The number of amides is 1. The lowest BCUT2D eigenvalue weighted by molar-refractivity contribution is -0.123.